The van der Waals surface area contributed by atoms with Crippen LogP contribution in [-0.4, -0.2) is 13.1 Å². The highest BCUT2D eigenvalue weighted by Crippen LogP contribution is 2.62. The third-order valence-electron chi connectivity index (χ3n) is 4.31. The van der Waals surface area contributed by atoms with E-state index in [0.717, 1.165) is 16.3 Å². The highest BCUT2D eigenvalue weighted by Gasteiger charge is 2.61. The van der Waals surface area contributed by atoms with Gasteiger partial charge in [0.1, 0.15) is 0 Å². The van der Waals surface area contributed by atoms with Crippen LogP contribution >= 0.6 is 15.9 Å². The van der Waals surface area contributed by atoms with Gasteiger partial charge in [-0.25, -0.2) is 0 Å². The van der Waals surface area contributed by atoms with Crippen LogP contribution in [0.1, 0.15) is 13.8 Å². The first-order valence-corrected chi connectivity index (χ1v) is 6.39. The van der Waals surface area contributed by atoms with Gasteiger partial charge in [-0.3, -0.25) is 0 Å². The molecular formula is C13H16BrN. The van der Waals surface area contributed by atoms with Crippen LogP contribution in [0.3, 0.4) is 0 Å². The second-order valence-corrected chi connectivity index (χ2v) is 6.33. The molecule has 0 bridgehead atoms. The molecule has 2 aliphatic rings. The molecule has 0 aromatic heterocycles. The standard InChI is InChI=1S/C13H16BrN/c1-13(2)11-7-15(8-12(11)13)10-5-3-9(14)4-6-10/h3-6,11-12H,7-8H2,1-2H3. The summed E-state index contributed by atoms with van der Waals surface area (Å²) < 4.78 is 1.16. The minimum absolute atomic E-state index is 0.617. The van der Waals surface area contributed by atoms with Crippen molar-refractivity contribution in [3.63, 3.8) is 0 Å². The van der Waals surface area contributed by atoms with E-state index < -0.39 is 0 Å². The Bertz CT molecular complexity index is 368. The zero-order valence-corrected chi connectivity index (χ0v) is 10.8. The maximum absolute atomic E-state index is 3.47. The SMILES string of the molecule is CC1(C)C2CN(c3ccc(Br)cc3)CC21. The molecule has 1 aromatic rings. The predicted octanol–water partition coefficient (Wildman–Crippen LogP) is 3.54. The van der Waals surface area contributed by atoms with Gasteiger partial charge >= 0.3 is 0 Å². The van der Waals surface area contributed by atoms with Gasteiger partial charge in [0.15, 0.2) is 0 Å². The summed E-state index contributed by atoms with van der Waals surface area (Å²) in [6.07, 6.45) is 0. The molecule has 3 rings (SSSR count). The molecular weight excluding hydrogens is 250 g/mol. The highest BCUT2D eigenvalue weighted by molar-refractivity contribution is 9.10. The van der Waals surface area contributed by atoms with Gasteiger partial charge < -0.3 is 4.90 Å². The van der Waals surface area contributed by atoms with Crippen molar-refractivity contribution in [3.05, 3.63) is 28.7 Å². The van der Waals surface area contributed by atoms with E-state index in [0.29, 0.717) is 5.41 Å². The molecule has 0 spiro atoms. The molecule has 0 N–H and O–H groups in total. The Morgan fingerprint density at radius 1 is 1.13 bits per heavy atom. The van der Waals surface area contributed by atoms with Crippen LogP contribution in [0.5, 0.6) is 0 Å². The zero-order valence-electron chi connectivity index (χ0n) is 9.20. The minimum Gasteiger partial charge on any atom is -0.371 e. The summed E-state index contributed by atoms with van der Waals surface area (Å²) in [5, 5.41) is 0. The number of benzene rings is 1. The Hall–Kier alpha value is -0.500. The summed E-state index contributed by atoms with van der Waals surface area (Å²) in [7, 11) is 0. The molecule has 1 nitrogen and oxygen atoms in total. The predicted molar refractivity (Wildman–Crippen MR) is 67.1 cm³/mol. The molecule has 1 heterocycles. The van der Waals surface area contributed by atoms with Crippen LogP contribution in [0, 0.1) is 17.3 Å². The molecule has 80 valence electrons. The van der Waals surface area contributed by atoms with Gasteiger partial charge in [0.05, 0.1) is 0 Å². The summed E-state index contributed by atoms with van der Waals surface area (Å²) >= 11 is 3.47. The zero-order chi connectivity index (χ0) is 10.6. The maximum atomic E-state index is 3.47. The topological polar surface area (TPSA) is 3.24 Å². The van der Waals surface area contributed by atoms with E-state index >= 15 is 0 Å². The number of piperidine rings is 1. The molecule has 1 aliphatic heterocycles. The number of halogens is 1. The van der Waals surface area contributed by atoms with Crippen LogP contribution in [0.25, 0.3) is 0 Å². The number of fused-ring (bicyclic) bond motifs is 1. The molecule has 15 heavy (non-hydrogen) atoms. The molecule has 0 amide bonds. The van der Waals surface area contributed by atoms with Gasteiger partial charge in [-0.15, -0.1) is 0 Å². The van der Waals surface area contributed by atoms with Crippen molar-refractivity contribution in [2.45, 2.75) is 13.8 Å². The van der Waals surface area contributed by atoms with Crippen molar-refractivity contribution in [1.29, 1.82) is 0 Å². The first-order valence-electron chi connectivity index (χ1n) is 5.59. The summed E-state index contributed by atoms with van der Waals surface area (Å²) in [6.45, 7) is 7.31. The van der Waals surface area contributed by atoms with E-state index in [1.54, 1.807) is 0 Å². The Labute approximate surface area is 99.6 Å². The van der Waals surface area contributed by atoms with E-state index in [4.69, 9.17) is 0 Å². The summed E-state index contributed by atoms with van der Waals surface area (Å²) in [4.78, 5) is 2.52. The van der Waals surface area contributed by atoms with Crippen LogP contribution in [0.15, 0.2) is 28.7 Å². The Morgan fingerprint density at radius 2 is 1.67 bits per heavy atom. The van der Waals surface area contributed by atoms with Crippen LogP contribution in [0.2, 0.25) is 0 Å². The van der Waals surface area contributed by atoms with Gasteiger partial charge in [0.25, 0.3) is 0 Å². The number of nitrogens with zero attached hydrogens (tertiary/aromatic N) is 1. The lowest BCUT2D eigenvalue weighted by Gasteiger charge is -2.24. The van der Waals surface area contributed by atoms with Gasteiger partial charge in [0.2, 0.25) is 0 Å². The van der Waals surface area contributed by atoms with Gasteiger partial charge in [-0.2, -0.15) is 0 Å². The molecule has 2 heteroatoms. The van der Waals surface area contributed by atoms with E-state index in [1.165, 1.54) is 18.8 Å². The minimum atomic E-state index is 0.617. The lowest BCUT2D eigenvalue weighted by molar-refractivity contribution is 0.500. The third-order valence-corrected chi connectivity index (χ3v) is 4.84. The van der Waals surface area contributed by atoms with Crippen molar-refractivity contribution >= 4 is 21.6 Å². The number of anilines is 1. The Morgan fingerprint density at radius 3 is 2.20 bits per heavy atom. The van der Waals surface area contributed by atoms with Gasteiger partial charge in [-0.05, 0) is 41.5 Å². The lowest BCUT2D eigenvalue weighted by atomic mass is 10.1. The fourth-order valence-electron chi connectivity index (χ4n) is 2.99. The fourth-order valence-corrected chi connectivity index (χ4v) is 3.26. The van der Waals surface area contributed by atoms with Crippen molar-refractivity contribution in [3.8, 4) is 0 Å². The average molecular weight is 266 g/mol. The Balaban J connectivity index is 1.75. The summed E-state index contributed by atoms with van der Waals surface area (Å²) in [5.41, 5.74) is 1.99. The van der Waals surface area contributed by atoms with Crippen LogP contribution < -0.4 is 4.90 Å². The molecule has 1 saturated heterocycles. The van der Waals surface area contributed by atoms with Crippen molar-refractivity contribution in [2.24, 2.45) is 17.3 Å². The van der Waals surface area contributed by atoms with Gasteiger partial charge in [0, 0.05) is 23.2 Å². The van der Waals surface area contributed by atoms with E-state index in [9.17, 15) is 0 Å². The summed E-state index contributed by atoms with van der Waals surface area (Å²) in [5.74, 6) is 1.86. The van der Waals surface area contributed by atoms with E-state index in [2.05, 4.69) is 58.9 Å². The van der Waals surface area contributed by atoms with Crippen molar-refractivity contribution < 1.29 is 0 Å². The van der Waals surface area contributed by atoms with Crippen LogP contribution in [0.4, 0.5) is 5.69 Å². The number of rotatable bonds is 1. The smallest absolute Gasteiger partial charge is 0.0367 e. The fraction of sp³-hybridized carbons (Fsp3) is 0.538. The quantitative estimate of drug-likeness (QED) is 0.751. The first-order chi connectivity index (χ1) is 7.09. The van der Waals surface area contributed by atoms with E-state index in [1.807, 2.05) is 0 Å². The normalized spacial score (nSPS) is 31.5. The molecule has 1 aliphatic carbocycles. The highest BCUT2D eigenvalue weighted by atomic mass is 79.9. The summed E-state index contributed by atoms with van der Waals surface area (Å²) in [6, 6.07) is 8.68. The molecule has 2 fully saturated rings. The van der Waals surface area contributed by atoms with Gasteiger partial charge in [-0.1, -0.05) is 29.8 Å². The molecule has 1 aromatic carbocycles. The van der Waals surface area contributed by atoms with Crippen molar-refractivity contribution in [2.75, 3.05) is 18.0 Å². The third kappa shape index (κ3) is 1.42. The number of hydrogen-bond acceptors (Lipinski definition) is 1. The lowest BCUT2D eigenvalue weighted by Crippen LogP contribution is -2.25. The molecule has 2 unspecified atom stereocenters. The van der Waals surface area contributed by atoms with E-state index in [-0.39, 0.29) is 0 Å². The molecule has 0 radical (unpaired) electrons. The second kappa shape index (κ2) is 3.00. The molecule has 2 atom stereocenters. The maximum Gasteiger partial charge on any atom is 0.0367 e. The second-order valence-electron chi connectivity index (χ2n) is 5.42. The molecule has 1 saturated carbocycles. The average Bonchev–Trinajstić information content (AvgIpc) is 2.64. The van der Waals surface area contributed by atoms with Crippen molar-refractivity contribution in [1.82, 2.24) is 0 Å². The Kier molecular flexibility index (Phi) is 1.94. The van der Waals surface area contributed by atoms with Crippen LogP contribution in [-0.2, 0) is 0 Å². The first kappa shape index (κ1) is 9.71. The monoisotopic (exact) mass is 265 g/mol. The largest absolute Gasteiger partial charge is 0.371 e. The number of hydrogen-bond donors (Lipinski definition) is 0.